The van der Waals surface area contributed by atoms with E-state index in [9.17, 15) is 0 Å². The molecule has 0 unspecified atom stereocenters. The lowest BCUT2D eigenvalue weighted by Gasteiger charge is -2.14. The zero-order valence-corrected chi connectivity index (χ0v) is 14.1. The molecule has 0 amide bonds. The minimum atomic E-state index is -0.0234. The minimum Gasteiger partial charge on any atom is -0.310 e. The number of para-hydroxylation sites is 2. The summed E-state index contributed by atoms with van der Waals surface area (Å²) in [7, 11) is 0. The topological polar surface area (TPSA) is 4.93 Å². The molecular formula is C22H23N. The SMILES string of the molecule is C=CC(C)(C)/C=C\c1c(C)c2ccccc2n1-c1ccccc1. The van der Waals surface area contributed by atoms with Gasteiger partial charge < -0.3 is 4.57 Å². The molecule has 0 saturated heterocycles. The summed E-state index contributed by atoms with van der Waals surface area (Å²) in [5, 5.41) is 1.30. The second kappa shape index (κ2) is 5.92. The predicted octanol–water partition coefficient (Wildman–Crippen LogP) is 6.16. The minimum absolute atomic E-state index is 0.0234. The molecule has 0 saturated carbocycles. The highest BCUT2D eigenvalue weighted by molar-refractivity contribution is 5.89. The molecule has 0 bridgehead atoms. The monoisotopic (exact) mass is 301 g/mol. The van der Waals surface area contributed by atoms with Gasteiger partial charge in [0.2, 0.25) is 0 Å². The molecule has 1 heterocycles. The Morgan fingerprint density at radius 1 is 0.957 bits per heavy atom. The van der Waals surface area contributed by atoms with E-state index in [-0.39, 0.29) is 5.41 Å². The quantitative estimate of drug-likeness (QED) is 0.508. The maximum absolute atomic E-state index is 3.93. The third-order valence-electron chi connectivity index (χ3n) is 4.39. The number of nitrogens with zero attached hydrogens (tertiary/aromatic N) is 1. The number of aryl methyl sites for hydroxylation is 1. The summed E-state index contributed by atoms with van der Waals surface area (Å²) in [5.74, 6) is 0. The van der Waals surface area contributed by atoms with Crippen molar-refractivity contribution in [2.75, 3.05) is 0 Å². The summed E-state index contributed by atoms with van der Waals surface area (Å²) in [4.78, 5) is 0. The van der Waals surface area contributed by atoms with Crippen LogP contribution in [0.5, 0.6) is 0 Å². The van der Waals surface area contributed by atoms with Crippen LogP contribution in [0.3, 0.4) is 0 Å². The molecule has 0 atom stereocenters. The van der Waals surface area contributed by atoms with Gasteiger partial charge in [-0.15, -0.1) is 6.58 Å². The highest BCUT2D eigenvalue weighted by Crippen LogP contribution is 2.31. The molecule has 0 N–H and O–H groups in total. The van der Waals surface area contributed by atoms with Crippen molar-refractivity contribution in [3.05, 3.63) is 84.6 Å². The van der Waals surface area contributed by atoms with Crippen molar-refractivity contribution in [2.45, 2.75) is 20.8 Å². The maximum atomic E-state index is 3.93. The van der Waals surface area contributed by atoms with Gasteiger partial charge in [-0.25, -0.2) is 0 Å². The molecule has 0 fully saturated rings. The summed E-state index contributed by atoms with van der Waals surface area (Å²) in [5.41, 5.74) is 4.94. The smallest absolute Gasteiger partial charge is 0.0537 e. The summed E-state index contributed by atoms with van der Waals surface area (Å²) in [6, 6.07) is 19.1. The number of hydrogen-bond acceptors (Lipinski definition) is 0. The molecule has 1 aromatic heterocycles. The Kier molecular flexibility index (Phi) is 3.96. The van der Waals surface area contributed by atoms with Crippen molar-refractivity contribution in [3.63, 3.8) is 0 Å². The largest absolute Gasteiger partial charge is 0.310 e. The molecule has 0 spiro atoms. The Morgan fingerprint density at radius 2 is 1.61 bits per heavy atom. The van der Waals surface area contributed by atoms with Crippen molar-refractivity contribution in [3.8, 4) is 5.69 Å². The fraction of sp³-hybridized carbons (Fsp3) is 0.182. The lowest BCUT2D eigenvalue weighted by molar-refractivity contribution is 0.631. The molecule has 0 aliphatic heterocycles. The molecule has 23 heavy (non-hydrogen) atoms. The molecule has 0 aliphatic rings. The van der Waals surface area contributed by atoms with E-state index in [1.165, 1.54) is 27.8 Å². The highest BCUT2D eigenvalue weighted by Gasteiger charge is 2.14. The van der Waals surface area contributed by atoms with E-state index >= 15 is 0 Å². The van der Waals surface area contributed by atoms with Crippen molar-refractivity contribution < 1.29 is 0 Å². The Morgan fingerprint density at radius 3 is 2.30 bits per heavy atom. The first kappa shape index (κ1) is 15.4. The van der Waals surface area contributed by atoms with E-state index < -0.39 is 0 Å². The highest BCUT2D eigenvalue weighted by atomic mass is 15.0. The van der Waals surface area contributed by atoms with Crippen LogP contribution < -0.4 is 0 Å². The Hall–Kier alpha value is -2.54. The van der Waals surface area contributed by atoms with Crippen molar-refractivity contribution in [2.24, 2.45) is 5.41 Å². The number of benzene rings is 2. The van der Waals surface area contributed by atoms with Crippen molar-refractivity contribution in [1.82, 2.24) is 4.57 Å². The summed E-state index contributed by atoms with van der Waals surface area (Å²) < 4.78 is 2.33. The van der Waals surface area contributed by atoms with E-state index in [2.05, 4.69) is 98.7 Å². The molecule has 0 radical (unpaired) electrons. The molecule has 3 aromatic rings. The van der Waals surface area contributed by atoms with Crippen LogP contribution in [-0.2, 0) is 0 Å². The van der Waals surface area contributed by atoms with Gasteiger partial charge in [0.15, 0.2) is 0 Å². The Balaban J connectivity index is 2.28. The number of aromatic nitrogens is 1. The van der Waals surface area contributed by atoms with Crippen LogP contribution in [0.25, 0.3) is 22.7 Å². The Bertz CT molecular complexity index is 864. The van der Waals surface area contributed by atoms with Gasteiger partial charge in [0.25, 0.3) is 0 Å². The molecule has 1 heteroatoms. The lowest BCUT2D eigenvalue weighted by atomic mass is 9.93. The van der Waals surface area contributed by atoms with E-state index in [0.29, 0.717) is 0 Å². The fourth-order valence-corrected chi connectivity index (χ4v) is 2.84. The first-order valence-corrected chi connectivity index (χ1v) is 8.02. The van der Waals surface area contributed by atoms with Gasteiger partial charge in [-0.3, -0.25) is 0 Å². The van der Waals surface area contributed by atoms with E-state index in [1.54, 1.807) is 0 Å². The van der Waals surface area contributed by atoms with Gasteiger partial charge in [-0.05, 0) is 36.8 Å². The van der Waals surface area contributed by atoms with E-state index in [1.807, 2.05) is 6.08 Å². The third-order valence-corrected chi connectivity index (χ3v) is 4.39. The van der Waals surface area contributed by atoms with Crippen LogP contribution in [0.2, 0.25) is 0 Å². The van der Waals surface area contributed by atoms with Crippen LogP contribution in [0.4, 0.5) is 0 Å². The second-order valence-electron chi connectivity index (χ2n) is 6.56. The van der Waals surface area contributed by atoms with E-state index in [4.69, 9.17) is 0 Å². The average molecular weight is 301 g/mol. The lowest BCUT2D eigenvalue weighted by Crippen LogP contribution is -2.02. The number of allylic oxidation sites excluding steroid dienone is 2. The van der Waals surface area contributed by atoms with Crippen LogP contribution in [0.1, 0.15) is 25.1 Å². The van der Waals surface area contributed by atoms with Crippen molar-refractivity contribution >= 4 is 17.0 Å². The van der Waals surface area contributed by atoms with Gasteiger partial charge in [0.05, 0.1) is 5.52 Å². The number of hydrogen-bond donors (Lipinski definition) is 0. The van der Waals surface area contributed by atoms with Gasteiger partial charge in [0, 0.05) is 22.2 Å². The zero-order chi connectivity index (χ0) is 16.4. The molecule has 116 valence electrons. The zero-order valence-electron chi connectivity index (χ0n) is 14.1. The summed E-state index contributed by atoms with van der Waals surface area (Å²) in [6.45, 7) is 10.5. The molecule has 1 nitrogen and oxygen atoms in total. The molecule has 2 aromatic carbocycles. The van der Waals surface area contributed by atoms with Gasteiger partial charge in [0.1, 0.15) is 0 Å². The van der Waals surface area contributed by atoms with Gasteiger partial charge >= 0.3 is 0 Å². The summed E-state index contributed by atoms with van der Waals surface area (Å²) in [6.07, 6.45) is 6.43. The average Bonchev–Trinajstić information content (AvgIpc) is 2.86. The first-order valence-electron chi connectivity index (χ1n) is 8.02. The Labute approximate surface area is 138 Å². The van der Waals surface area contributed by atoms with E-state index in [0.717, 1.165) is 0 Å². The van der Waals surface area contributed by atoms with Crippen LogP contribution in [0.15, 0.2) is 73.3 Å². The number of fused-ring (bicyclic) bond motifs is 1. The van der Waals surface area contributed by atoms with Crippen LogP contribution in [0, 0.1) is 12.3 Å². The third kappa shape index (κ3) is 2.87. The van der Waals surface area contributed by atoms with Gasteiger partial charge in [-0.2, -0.15) is 0 Å². The van der Waals surface area contributed by atoms with Gasteiger partial charge in [-0.1, -0.05) is 62.4 Å². The first-order chi connectivity index (χ1) is 11.0. The molecule has 3 rings (SSSR count). The molecule has 0 aliphatic carbocycles. The normalized spacial score (nSPS) is 12.1. The summed E-state index contributed by atoms with van der Waals surface area (Å²) >= 11 is 0. The van der Waals surface area contributed by atoms with Crippen molar-refractivity contribution in [1.29, 1.82) is 0 Å². The standard InChI is InChI=1S/C22H23N/c1-5-22(3,4)16-15-20-17(2)19-13-9-10-14-21(19)23(20)18-11-7-6-8-12-18/h5-16H,1H2,2-4H3/b16-15-. The van der Waals surface area contributed by atoms with Crippen LogP contribution >= 0.6 is 0 Å². The molecular weight excluding hydrogens is 278 g/mol. The number of rotatable bonds is 4. The predicted molar refractivity (Wildman–Crippen MR) is 101 cm³/mol. The van der Waals surface area contributed by atoms with Crippen LogP contribution in [-0.4, -0.2) is 4.57 Å². The fourth-order valence-electron chi connectivity index (χ4n) is 2.84. The second-order valence-corrected chi connectivity index (χ2v) is 6.56. The maximum Gasteiger partial charge on any atom is 0.0537 e.